The average molecular weight is 2310 g/mol. The maximum atomic E-state index is 5.97. The Kier molecular flexibility index (Phi) is 31.7. The second kappa shape index (κ2) is 43.9. The number of fused-ring (bicyclic) bond motifs is 9. The van der Waals surface area contributed by atoms with Crippen molar-refractivity contribution in [3.8, 4) is 107 Å². The summed E-state index contributed by atoms with van der Waals surface area (Å²) in [6, 6.07) is 149. The third-order valence-corrected chi connectivity index (χ3v) is 29.5. The first-order chi connectivity index (χ1) is 62.9. The minimum Gasteiger partial charge on any atom is -0.500 e. The molecular formula is C117H95Ir3N7OSSi3-6. The molecule has 655 valence electrons. The van der Waals surface area contributed by atoms with Crippen LogP contribution in [0.5, 0.6) is 0 Å². The summed E-state index contributed by atoms with van der Waals surface area (Å²) in [5, 5.41) is 11.4. The second-order valence-electron chi connectivity index (χ2n) is 34.5. The van der Waals surface area contributed by atoms with Crippen LogP contribution in [0.1, 0.15) is 0 Å². The molecule has 9 heterocycles. The summed E-state index contributed by atoms with van der Waals surface area (Å²) in [5.74, 6) is 0. The monoisotopic (exact) mass is 2310 g/mol. The maximum Gasteiger partial charge on any atom is 0.120 e. The molecule has 0 unspecified atom stereocenters. The van der Waals surface area contributed by atoms with Crippen molar-refractivity contribution in [2.24, 2.45) is 0 Å². The van der Waals surface area contributed by atoms with Gasteiger partial charge in [0.05, 0.1) is 29.8 Å². The maximum absolute atomic E-state index is 5.97. The summed E-state index contributed by atoms with van der Waals surface area (Å²) in [7, 11) is -4.93. The number of benzene rings is 13. The van der Waals surface area contributed by atoms with Gasteiger partial charge in [0.25, 0.3) is 0 Å². The predicted molar refractivity (Wildman–Crippen MR) is 551 cm³/mol. The normalized spacial score (nSPS) is 11.0. The molecule has 3 radical (unpaired) electrons. The molecule has 0 saturated heterocycles. The Morgan fingerprint density at radius 1 is 0.258 bits per heavy atom. The van der Waals surface area contributed by atoms with Crippen LogP contribution in [0.15, 0.2) is 418 Å². The fraction of sp³-hybridized carbons (Fsp3) is 0.0769. The van der Waals surface area contributed by atoms with Gasteiger partial charge in [-0.15, -0.1) is 179 Å². The van der Waals surface area contributed by atoms with E-state index in [4.69, 9.17) is 19.4 Å². The Labute approximate surface area is 821 Å². The molecule has 0 saturated carbocycles. The van der Waals surface area contributed by atoms with Crippen LogP contribution in [0.25, 0.3) is 171 Å². The van der Waals surface area contributed by atoms with Gasteiger partial charge in [-0.2, -0.15) is 11.3 Å². The van der Waals surface area contributed by atoms with Crippen molar-refractivity contribution in [3.63, 3.8) is 0 Å². The van der Waals surface area contributed by atoms with Crippen molar-refractivity contribution >= 4 is 115 Å². The van der Waals surface area contributed by atoms with Crippen LogP contribution in [-0.2, 0) is 60.3 Å². The number of aromatic nitrogens is 7. The molecule has 132 heavy (non-hydrogen) atoms. The van der Waals surface area contributed by atoms with Gasteiger partial charge in [0.1, 0.15) is 5.58 Å². The Morgan fingerprint density at radius 3 is 1.05 bits per heavy atom. The number of pyridine rings is 6. The van der Waals surface area contributed by atoms with Gasteiger partial charge in [0, 0.05) is 119 Å². The molecule has 9 aromatic heterocycles. The SMILES string of the molecule is C[Si](C)(C)c1cc(-c2ccccc2)cnc1-c1[c-]cc2c(c1)c1ccccc1n2-c1ccccc1.C[Si](C)(C)c1cc(-c2ccccc2)cnc1-c1[c-]cc2oc3ccccc3c2c1.C[Si](C)(C)c1cc(-c2ccccc2)cnc1-c1[c-]cc2sc3ccccc3c2c1.[Ir].[Ir].[Ir].[c-]1ccccc1-c1ccccn1.[c-]1ccccc1-c1ccccn1.[c-]1ccccc1-c1ccccn1. The summed E-state index contributed by atoms with van der Waals surface area (Å²) in [4.78, 5) is 27.6. The zero-order chi connectivity index (χ0) is 88.7. The fourth-order valence-electron chi connectivity index (χ4n) is 15.9. The van der Waals surface area contributed by atoms with E-state index >= 15 is 0 Å². The largest absolute Gasteiger partial charge is 0.500 e. The second-order valence-corrected chi connectivity index (χ2v) is 50.7. The van der Waals surface area contributed by atoms with E-state index in [1.165, 1.54) is 85.4 Å². The Bertz CT molecular complexity index is 7020. The molecule has 8 nitrogen and oxygen atoms in total. The first-order valence-electron chi connectivity index (χ1n) is 43.4. The van der Waals surface area contributed by atoms with Crippen molar-refractivity contribution in [2.75, 3.05) is 0 Å². The minimum absolute atomic E-state index is 0. The first-order valence-corrected chi connectivity index (χ1v) is 54.7. The molecule has 0 atom stereocenters. The van der Waals surface area contributed by atoms with Crippen LogP contribution in [-0.4, -0.2) is 58.7 Å². The number of furan rings is 1. The Balaban J connectivity index is 0.000000133. The van der Waals surface area contributed by atoms with Crippen LogP contribution in [0.2, 0.25) is 58.9 Å². The third kappa shape index (κ3) is 22.7. The van der Waals surface area contributed by atoms with E-state index < -0.39 is 24.2 Å². The summed E-state index contributed by atoms with van der Waals surface area (Å²) in [5.41, 5.74) is 24.9. The van der Waals surface area contributed by atoms with Gasteiger partial charge in [0.15, 0.2) is 0 Å². The third-order valence-electron chi connectivity index (χ3n) is 22.4. The van der Waals surface area contributed by atoms with E-state index in [9.17, 15) is 0 Å². The van der Waals surface area contributed by atoms with Crippen molar-refractivity contribution in [3.05, 3.63) is 450 Å². The molecule has 0 fully saturated rings. The molecule has 0 amide bonds. The Hall–Kier alpha value is -12.8. The zero-order valence-corrected chi connectivity index (χ0v) is 85.7. The number of rotatable bonds is 13. The van der Waals surface area contributed by atoms with Crippen LogP contribution >= 0.6 is 11.3 Å². The quantitative estimate of drug-likeness (QED) is 0.0838. The summed E-state index contributed by atoms with van der Waals surface area (Å²) in [6.07, 6.45) is 11.4. The molecule has 0 N–H and O–H groups in total. The van der Waals surface area contributed by atoms with Gasteiger partial charge in [-0.3, -0.25) is 0 Å². The first kappa shape index (κ1) is 95.3. The van der Waals surface area contributed by atoms with Crippen LogP contribution in [0.3, 0.4) is 0 Å². The molecule has 0 bridgehead atoms. The van der Waals surface area contributed by atoms with E-state index in [2.05, 4.69) is 333 Å². The summed E-state index contributed by atoms with van der Waals surface area (Å²) < 4.78 is 10.9. The number of hydrogen-bond acceptors (Lipinski definition) is 8. The van der Waals surface area contributed by atoms with E-state index in [1.807, 2.05) is 188 Å². The van der Waals surface area contributed by atoms with Gasteiger partial charge < -0.3 is 38.9 Å². The summed E-state index contributed by atoms with van der Waals surface area (Å²) >= 11 is 1.83. The van der Waals surface area contributed by atoms with Crippen molar-refractivity contribution in [1.82, 2.24) is 34.5 Å². The zero-order valence-electron chi connectivity index (χ0n) is 74.7. The topological polar surface area (TPSA) is 95.4 Å². The minimum atomic E-state index is -1.68. The predicted octanol–water partition coefficient (Wildman–Crippen LogP) is 29.3. The van der Waals surface area contributed by atoms with Gasteiger partial charge in [-0.25, -0.2) is 0 Å². The molecule has 15 heteroatoms. The Morgan fingerprint density at radius 2 is 0.621 bits per heavy atom. The molecule has 0 aliphatic carbocycles. The van der Waals surface area contributed by atoms with Gasteiger partial charge in [0.2, 0.25) is 0 Å². The van der Waals surface area contributed by atoms with E-state index in [-0.39, 0.29) is 60.3 Å². The van der Waals surface area contributed by atoms with Crippen molar-refractivity contribution in [2.45, 2.75) is 58.9 Å². The van der Waals surface area contributed by atoms with E-state index in [0.29, 0.717) is 0 Å². The van der Waals surface area contributed by atoms with Crippen LogP contribution < -0.4 is 15.6 Å². The fourth-order valence-corrected chi connectivity index (χ4v) is 21.4. The van der Waals surface area contributed by atoms with Crippen molar-refractivity contribution < 1.29 is 64.7 Å². The summed E-state index contributed by atoms with van der Waals surface area (Å²) in [6.45, 7) is 21.4. The van der Waals surface area contributed by atoms with Crippen molar-refractivity contribution in [1.29, 1.82) is 0 Å². The number of thiophene rings is 1. The molecule has 0 aliphatic heterocycles. The molecule has 0 spiro atoms. The van der Waals surface area contributed by atoms with Gasteiger partial charge in [-0.1, -0.05) is 309 Å². The molecular weight excluding hydrogens is 2210 g/mol. The number of para-hydroxylation sites is 3. The number of hydrogen-bond donors (Lipinski definition) is 0. The van der Waals surface area contributed by atoms with Crippen LogP contribution in [0.4, 0.5) is 0 Å². The van der Waals surface area contributed by atoms with Crippen LogP contribution in [0, 0.1) is 36.4 Å². The molecule has 0 aliphatic rings. The molecule has 13 aromatic carbocycles. The number of nitrogens with zero attached hydrogens (tertiary/aromatic N) is 7. The molecule has 22 aromatic rings. The molecule has 22 rings (SSSR count). The van der Waals surface area contributed by atoms with Gasteiger partial charge in [-0.05, 0) is 137 Å². The standard InChI is InChI=1S/C32H27N2Si.C26H22NOSi.C26H22NSSi.3C11H8N.3Ir/c1-35(2,3)31-21-25(23-12-6-4-7-13-23)22-33-32(31)24-18-19-30-28(20-24)27-16-10-11-17-29(27)34(30)26-14-8-5-9-15-26;2*1-29(2,3)25-16-20(18-9-5-4-6-10-18)17-27-26(25)19-13-14-24-22(15-19)21-11-7-8-12-23(21)28-24;3*1-2-6-10(7-3-1)11-8-4-5-9-12-11;;;/h4-17,19-22H,1-3H3;2*4-12,14-17H,1-3H3;3*1-6,8-9H;;;/q6*-1;;;. The van der Waals surface area contributed by atoms with E-state index in [1.54, 1.807) is 18.6 Å². The van der Waals surface area contributed by atoms with E-state index in [0.717, 1.165) is 101 Å². The van der Waals surface area contributed by atoms with Gasteiger partial charge >= 0.3 is 0 Å². The smallest absolute Gasteiger partial charge is 0.120 e. The average Bonchev–Trinajstić information content (AvgIpc) is 1.58.